The summed E-state index contributed by atoms with van der Waals surface area (Å²) in [4.78, 5) is 22.2. The van der Waals surface area contributed by atoms with Crippen LogP contribution in [0.2, 0.25) is 0 Å². The number of thiazole rings is 2. The molecule has 1 amide bonds. The molecule has 100 valence electrons. The molecule has 0 aliphatic heterocycles. The summed E-state index contributed by atoms with van der Waals surface area (Å²) in [7, 11) is 0. The van der Waals surface area contributed by atoms with Gasteiger partial charge in [0.05, 0.1) is 12.7 Å². The third kappa shape index (κ3) is 3.30. The number of nitrogens with zero attached hydrogens (tertiary/aromatic N) is 2. The molecule has 2 aromatic heterocycles. The molecule has 0 bridgehead atoms. The number of carbonyl (C=O) groups excluding carboxylic acids is 1. The molecule has 0 saturated heterocycles. The maximum atomic E-state index is 11.9. The van der Waals surface area contributed by atoms with Crippen LogP contribution in [-0.4, -0.2) is 21.9 Å². The van der Waals surface area contributed by atoms with E-state index in [2.05, 4.69) is 20.6 Å². The van der Waals surface area contributed by atoms with Crippen molar-refractivity contribution < 1.29 is 4.79 Å². The minimum Gasteiger partial charge on any atom is -0.359 e. The molecular weight excluding hydrogens is 280 g/mol. The van der Waals surface area contributed by atoms with Gasteiger partial charge >= 0.3 is 0 Å². The molecule has 2 heterocycles. The predicted octanol–water partition coefficient (Wildman–Crippen LogP) is 2.41. The number of rotatable bonds is 5. The van der Waals surface area contributed by atoms with E-state index in [-0.39, 0.29) is 5.91 Å². The van der Waals surface area contributed by atoms with Crippen LogP contribution in [0.5, 0.6) is 0 Å². The Morgan fingerprint density at radius 3 is 2.89 bits per heavy atom. The van der Waals surface area contributed by atoms with E-state index < -0.39 is 0 Å². The highest BCUT2D eigenvalue weighted by Crippen LogP contribution is 2.27. The van der Waals surface area contributed by atoms with Gasteiger partial charge in [0.15, 0.2) is 5.13 Å². The molecule has 1 saturated carbocycles. The van der Waals surface area contributed by atoms with Gasteiger partial charge in [-0.1, -0.05) is 11.3 Å². The highest BCUT2D eigenvalue weighted by atomic mass is 32.1. The monoisotopic (exact) mass is 294 g/mol. The van der Waals surface area contributed by atoms with E-state index in [1.807, 2.05) is 13.1 Å². The van der Waals surface area contributed by atoms with Crippen LogP contribution in [0.3, 0.4) is 0 Å². The summed E-state index contributed by atoms with van der Waals surface area (Å²) >= 11 is 2.99. The maximum absolute atomic E-state index is 11.9. The summed E-state index contributed by atoms with van der Waals surface area (Å²) in [5, 5.41) is 7.90. The van der Waals surface area contributed by atoms with E-state index in [0.29, 0.717) is 17.5 Å². The van der Waals surface area contributed by atoms with E-state index in [0.717, 1.165) is 15.0 Å². The minimum atomic E-state index is -0.0887. The maximum Gasteiger partial charge on any atom is 0.263 e. The van der Waals surface area contributed by atoms with E-state index in [4.69, 9.17) is 0 Å². The van der Waals surface area contributed by atoms with Crippen LogP contribution in [0.1, 0.15) is 32.4 Å². The zero-order valence-corrected chi connectivity index (χ0v) is 12.1. The summed E-state index contributed by atoms with van der Waals surface area (Å²) in [5.74, 6) is -0.0887. The first kappa shape index (κ1) is 12.6. The highest BCUT2D eigenvalue weighted by molar-refractivity contribution is 7.17. The summed E-state index contributed by atoms with van der Waals surface area (Å²) in [6.45, 7) is 2.47. The van der Waals surface area contributed by atoms with Gasteiger partial charge in [0.25, 0.3) is 5.91 Å². The zero-order chi connectivity index (χ0) is 13.2. The lowest BCUT2D eigenvalue weighted by molar-refractivity contribution is 0.0954. The van der Waals surface area contributed by atoms with Crippen LogP contribution in [0, 0.1) is 6.92 Å². The van der Waals surface area contributed by atoms with Gasteiger partial charge < -0.3 is 10.6 Å². The first-order valence-electron chi connectivity index (χ1n) is 6.12. The molecule has 2 N–H and O–H groups in total. The van der Waals surface area contributed by atoms with Gasteiger partial charge in [0, 0.05) is 17.1 Å². The molecule has 0 atom stereocenters. The fourth-order valence-corrected chi connectivity index (χ4v) is 3.11. The number of hydrogen-bond donors (Lipinski definition) is 2. The minimum absolute atomic E-state index is 0.0887. The van der Waals surface area contributed by atoms with Crippen molar-refractivity contribution >= 4 is 33.7 Å². The molecule has 2 aromatic rings. The average Bonchev–Trinajstić information content (AvgIpc) is 2.90. The van der Waals surface area contributed by atoms with Gasteiger partial charge in [-0.3, -0.25) is 4.79 Å². The van der Waals surface area contributed by atoms with Crippen molar-refractivity contribution in [3.63, 3.8) is 0 Å². The Kier molecular flexibility index (Phi) is 3.48. The van der Waals surface area contributed by atoms with Crippen LogP contribution >= 0.6 is 22.7 Å². The predicted molar refractivity (Wildman–Crippen MR) is 76.8 cm³/mol. The fourth-order valence-electron chi connectivity index (χ4n) is 1.57. The van der Waals surface area contributed by atoms with Gasteiger partial charge in [0.1, 0.15) is 9.88 Å². The van der Waals surface area contributed by atoms with Gasteiger partial charge in [-0.25, -0.2) is 9.97 Å². The standard InChI is InChI=1S/C12H14N4OS2/c1-7-4-13-10(18-7)6-14-11(17)9-5-15-12(19-9)16-8-2-3-8/h4-5,8H,2-3,6H2,1H3,(H,14,17)(H,15,16). The van der Waals surface area contributed by atoms with E-state index in [1.54, 1.807) is 17.5 Å². The lowest BCUT2D eigenvalue weighted by Crippen LogP contribution is -2.21. The van der Waals surface area contributed by atoms with Crippen molar-refractivity contribution in [1.82, 2.24) is 15.3 Å². The van der Waals surface area contributed by atoms with Crippen LogP contribution < -0.4 is 10.6 Å². The summed E-state index contributed by atoms with van der Waals surface area (Å²) in [5.41, 5.74) is 0. The lowest BCUT2D eigenvalue weighted by atomic mass is 10.5. The Balaban J connectivity index is 1.55. The fraction of sp³-hybridized carbons (Fsp3) is 0.417. The third-order valence-corrected chi connectivity index (χ3v) is 4.54. The molecule has 0 radical (unpaired) electrons. The van der Waals surface area contributed by atoms with Crippen molar-refractivity contribution in [2.24, 2.45) is 0 Å². The van der Waals surface area contributed by atoms with E-state index >= 15 is 0 Å². The van der Waals surface area contributed by atoms with Crippen LogP contribution in [-0.2, 0) is 6.54 Å². The summed E-state index contributed by atoms with van der Waals surface area (Å²) in [6.07, 6.45) is 5.84. The van der Waals surface area contributed by atoms with E-state index in [9.17, 15) is 4.79 Å². The lowest BCUT2D eigenvalue weighted by Gasteiger charge is -1.99. The SMILES string of the molecule is Cc1cnc(CNC(=O)c2cnc(NC3CC3)s2)s1. The zero-order valence-electron chi connectivity index (χ0n) is 10.5. The number of nitrogens with one attached hydrogen (secondary N) is 2. The smallest absolute Gasteiger partial charge is 0.263 e. The van der Waals surface area contributed by atoms with Crippen molar-refractivity contribution in [3.05, 3.63) is 27.2 Å². The first-order chi connectivity index (χ1) is 9.20. The van der Waals surface area contributed by atoms with Gasteiger partial charge in [0.2, 0.25) is 0 Å². The van der Waals surface area contributed by atoms with E-state index in [1.165, 1.54) is 24.2 Å². The molecule has 3 rings (SSSR count). The van der Waals surface area contributed by atoms with Gasteiger partial charge in [-0.15, -0.1) is 11.3 Å². The number of aromatic nitrogens is 2. The Bertz CT molecular complexity index is 588. The highest BCUT2D eigenvalue weighted by Gasteiger charge is 2.22. The molecule has 1 fully saturated rings. The third-order valence-electron chi connectivity index (χ3n) is 2.70. The quantitative estimate of drug-likeness (QED) is 0.888. The molecule has 0 unspecified atom stereocenters. The van der Waals surface area contributed by atoms with Gasteiger partial charge in [-0.05, 0) is 19.8 Å². The number of hydrogen-bond acceptors (Lipinski definition) is 6. The molecule has 0 aromatic carbocycles. The summed E-state index contributed by atoms with van der Waals surface area (Å²) in [6, 6.07) is 0.556. The van der Waals surface area contributed by atoms with Crippen LogP contribution in [0.25, 0.3) is 0 Å². The Morgan fingerprint density at radius 1 is 1.37 bits per heavy atom. The largest absolute Gasteiger partial charge is 0.359 e. The molecule has 7 heteroatoms. The second-order valence-corrected chi connectivity index (χ2v) is 6.85. The molecule has 1 aliphatic carbocycles. The average molecular weight is 294 g/mol. The number of anilines is 1. The van der Waals surface area contributed by atoms with Crippen molar-refractivity contribution in [1.29, 1.82) is 0 Å². The first-order valence-corrected chi connectivity index (χ1v) is 7.76. The van der Waals surface area contributed by atoms with Crippen LogP contribution in [0.4, 0.5) is 5.13 Å². The Morgan fingerprint density at radius 2 is 2.21 bits per heavy atom. The number of carbonyl (C=O) groups is 1. The van der Waals surface area contributed by atoms with Crippen molar-refractivity contribution in [2.75, 3.05) is 5.32 Å². The molecule has 1 aliphatic rings. The normalized spacial score (nSPS) is 14.4. The van der Waals surface area contributed by atoms with Crippen molar-refractivity contribution in [3.8, 4) is 0 Å². The van der Waals surface area contributed by atoms with Crippen molar-refractivity contribution in [2.45, 2.75) is 32.4 Å². The Hall–Kier alpha value is -1.47. The number of amides is 1. The molecule has 0 spiro atoms. The molecular formula is C12H14N4OS2. The second-order valence-electron chi connectivity index (χ2n) is 4.50. The molecule has 5 nitrogen and oxygen atoms in total. The topological polar surface area (TPSA) is 66.9 Å². The Labute approximate surface area is 119 Å². The van der Waals surface area contributed by atoms with Gasteiger partial charge in [-0.2, -0.15) is 0 Å². The van der Waals surface area contributed by atoms with Crippen LogP contribution in [0.15, 0.2) is 12.4 Å². The number of aryl methyl sites for hydroxylation is 1. The second kappa shape index (κ2) is 5.26. The summed E-state index contributed by atoms with van der Waals surface area (Å²) < 4.78 is 0. The molecule has 19 heavy (non-hydrogen) atoms.